The Labute approximate surface area is 104 Å². The van der Waals surface area contributed by atoms with E-state index in [-0.39, 0.29) is 12.1 Å². The molecule has 0 bridgehead atoms. The van der Waals surface area contributed by atoms with E-state index in [0.717, 1.165) is 24.8 Å². The maximum Gasteiger partial charge on any atom is 0.303 e. The summed E-state index contributed by atoms with van der Waals surface area (Å²) in [6.07, 6.45) is 4.57. The van der Waals surface area contributed by atoms with Gasteiger partial charge < -0.3 is 4.74 Å². The molecule has 2 nitrogen and oxygen atoms in total. The lowest BCUT2D eigenvalue weighted by Crippen LogP contribution is -2.27. The first kappa shape index (κ1) is 13.8. The quantitative estimate of drug-likeness (QED) is 0.546. The van der Waals surface area contributed by atoms with Crippen molar-refractivity contribution >= 4 is 5.97 Å². The first-order valence-electron chi connectivity index (χ1n) is 6.07. The Kier molecular flexibility index (Phi) is 4.73. The predicted octanol–water partition coefficient (Wildman–Crippen LogP) is 3.80. The van der Waals surface area contributed by atoms with E-state index in [0.29, 0.717) is 5.92 Å². The third-order valence-electron chi connectivity index (χ3n) is 3.43. The van der Waals surface area contributed by atoms with Crippen LogP contribution in [0.5, 0.6) is 0 Å². The lowest BCUT2D eigenvalue weighted by Gasteiger charge is -2.32. The Morgan fingerprint density at radius 3 is 2.65 bits per heavy atom. The highest BCUT2D eigenvalue weighted by molar-refractivity contribution is 5.66. The van der Waals surface area contributed by atoms with Gasteiger partial charge in [0, 0.05) is 6.92 Å². The zero-order chi connectivity index (χ0) is 13.0. The Hall–Kier alpha value is -1.31. The molecule has 2 atom stereocenters. The largest absolute Gasteiger partial charge is 0.458 e. The molecular weight excluding hydrogens is 212 g/mol. The number of rotatable bonds is 4. The summed E-state index contributed by atoms with van der Waals surface area (Å²) in [6, 6.07) is 0. The van der Waals surface area contributed by atoms with Crippen molar-refractivity contribution in [1.29, 1.82) is 0 Å². The average Bonchev–Trinajstić information content (AvgIpc) is 2.23. The molecular formula is C15H22O2. The Bertz CT molecular complexity index is 363. The number of carbonyl (C=O) groups excluding carboxylic acids is 1. The zero-order valence-electron chi connectivity index (χ0n) is 11.1. The third kappa shape index (κ3) is 3.58. The summed E-state index contributed by atoms with van der Waals surface area (Å²) in [5.74, 6) is 0.202. The van der Waals surface area contributed by atoms with E-state index in [2.05, 4.69) is 20.1 Å². The summed E-state index contributed by atoms with van der Waals surface area (Å²) in [5, 5.41) is 0. The third-order valence-corrected chi connectivity index (χ3v) is 3.43. The molecule has 0 saturated heterocycles. The number of ether oxygens (including phenoxy) is 1. The van der Waals surface area contributed by atoms with Crippen LogP contribution in [0.2, 0.25) is 0 Å². The molecule has 0 amide bonds. The molecule has 1 aliphatic rings. The van der Waals surface area contributed by atoms with Crippen molar-refractivity contribution in [1.82, 2.24) is 0 Å². The Morgan fingerprint density at radius 1 is 1.53 bits per heavy atom. The minimum Gasteiger partial charge on any atom is -0.458 e. The maximum absolute atomic E-state index is 11.1. The van der Waals surface area contributed by atoms with Crippen LogP contribution in [0.3, 0.4) is 0 Å². The van der Waals surface area contributed by atoms with Gasteiger partial charge in [0.15, 0.2) is 0 Å². The van der Waals surface area contributed by atoms with Crippen molar-refractivity contribution < 1.29 is 9.53 Å². The monoisotopic (exact) mass is 234 g/mol. The van der Waals surface area contributed by atoms with E-state index in [1.807, 2.05) is 13.0 Å². The van der Waals surface area contributed by atoms with Crippen LogP contribution in [0.4, 0.5) is 0 Å². The van der Waals surface area contributed by atoms with Crippen LogP contribution in [0.15, 0.2) is 36.0 Å². The predicted molar refractivity (Wildman–Crippen MR) is 70.6 cm³/mol. The number of esters is 1. The van der Waals surface area contributed by atoms with Gasteiger partial charge in [0.2, 0.25) is 0 Å². The normalized spacial score (nSPS) is 24.4. The van der Waals surface area contributed by atoms with Crippen LogP contribution >= 0.6 is 0 Å². The van der Waals surface area contributed by atoms with Crippen molar-refractivity contribution in [2.45, 2.75) is 46.1 Å². The second-order valence-electron chi connectivity index (χ2n) is 4.86. The molecule has 0 aromatic heterocycles. The molecule has 0 saturated carbocycles. The summed E-state index contributed by atoms with van der Waals surface area (Å²) in [7, 11) is 0. The molecule has 0 aromatic carbocycles. The van der Waals surface area contributed by atoms with Crippen molar-refractivity contribution in [3.63, 3.8) is 0 Å². The summed E-state index contributed by atoms with van der Waals surface area (Å²) in [4.78, 5) is 11.1. The fourth-order valence-electron chi connectivity index (χ4n) is 2.34. The highest BCUT2D eigenvalue weighted by Gasteiger charge is 2.28. The van der Waals surface area contributed by atoms with Gasteiger partial charge in [0.1, 0.15) is 6.10 Å². The van der Waals surface area contributed by atoms with Crippen LogP contribution in [0.25, 0.3) is 0 Å². The van der Waals surface area contributed by atoms with E-state index in [1.165, 1.54) is 18.1 Å². The molecule has 0 radical (unpaired) electrons. The molecule has 0 spiro atoms. The van der Waals surface area contributed by atoms with Crippen LogP contribution in [-0.4, -0.2) is 12.1 Å². The Balaban J connectivity index is 2.94. The molecule has 0 aliphatic heterocycles. The highest BCUT2D eigenvalue weighted by Crippen LogP contribution is 2.36. The Morgan fingerprint density at radius 2 is 2.18 bits per heavy atom. The molecule has 2 heteroatoms. The number of allylic oxidation sites excluding steroid dienone is 3. The van der Waals surface area contributed by atoms with Crippen LogP contribution in [0.1, 0.15) is 40.0 Å². The summed E-state index contributed by atoms with van der Waals surface area (Å²) >= 11 is 0. The minimum absolute atomic E-state index is 0.0853. The van der Waals surface area contributed by atoms with Crippen LogP contribution in [0, 0.1) is 5.92 Å². The van der Waals surface area contributed by atoms with E-state index in [9.17, 15) is 4.79 Å². The molecule has 0 unspecified atom stereocenters. The van der Waals surface area contributed by atoms with Gasteiger partial charge in [-0.1, -0.05) is 23.8 Å². The van der Waals surface area contributed by atoms with Gasteiger partial charge in [-0.15, -0.1) is 6.58 Å². The summed E-state index contributed by atoms with van der Waals surface area (Å²) < 4.78 is 5.39. The fraction of sp³-hybridized carbons (Fsp3) is 0.533. The van der Waals surface area contributed by atoms with Crippen LogP contribution in [-0.2, 0) is 9.53 Å². The lowest BCUT2D eigenvalue weighted by atomic mass is 9.78. The van der Waals surface area contributed by atoms with E-state index in [1.54, 1.807) is 0 Å². The number of carbonyl (C=O) groups is 1. The van der Waals surface area contributed by atoms with Gasteiger partial charge in [-0.2, -0.15) is 0 Å². The second-order valence-corrected chi connectivity index (χ2v) is 4.86. The molecule has 0 N–H and O–H groups in total. The number of hydrogen-bond acceptors (Lipinski definition) is 2. The van der Waals surface area contributed by atoms with Crippen molar-refractivity contribution in [2.24, 2.45) is 5.92 Å². The van der Waals surface area contributed by atoms with Gasteiger partial charge in [0.05, 0.1) is 0 Å². The van der Waals surface area contributed by atoms with Gasteiger partial charge in [-0.25, -0.2) is 0 Å². The van der Waals surface area contributed by atoms with E-state index >= 15 is 0 Å². The van der Waals surface area contributed by atoms with Gasteiger partial charge >= 0.3 is 5.97 Å². The number of hydrogen-bond donors (Lipinski definition) is 0. The maximum atomic E-state index is 11.1. The molecule has 17 heavy (non-hydrogen) atoms. The van der Waals surface area contributed by atoms with Crippen molar-refractivity contribution in [2.75, 3.05) is 0 Å². The molecule has 0 heterocycles. The summed E-state index contributed by atoms with van der Waals surface area (Å²) in [6.45, 7) is 13.4. The van der Waals surface area contributed by atoms with E-state index < -0.39 is 0 Å². The summed E-state index contributed by atoms with van der Waals surface area (Å²) in [5.41, 5.74) is 3.69. The SMILES string of the molecule is C=CCC1=C(C)[C@@H](OC(C)=O)C[C@@H](C(=C)C)C1. The molecule has 1 aliphatic carbocycles. The zero-order valence-corrected chi connectivity index (χ0v) is 11.1. The topological polar surface area (TPSA) is 26.3 Å². The highest BCUT2D eigenvalue weighted by atomic mass is 16.5. The second kappa shape index (κ2) is 5.85. The average molecular weight is 234 g/mol. The molecule has 94 valence electrons. The van der Waals surface area contributed by atoms with Crippen LogP contribution < -0.4 is 0 Å². The molecule has 0 aromatic rings. The first-order valence-corrected chi connectivity index (χ1v) is 6.07. The molecule has 1 rings (SSSR count). The lowest BCUT2D eigenvalue weighted by molar-refractivity contribution is -0.145. The smallest absolute Gasteiger partial charge is 0.303 e. The van der Waals surface area contributed by atoms with Gasteiger partial charge in [0.25, 0.3) is 0 Å². The van der Waals surface area contributed by atoms with Gasteiger partial charge in [-0.3, -0.25) is 4.79 Å². The minimum atomic E-state index is -0.213. The van der Waals surface area contributed by atoms with Crippen molar-refractivity contribution in [3.8, 4) is 0 Å². The van der Waals surface area contributed by atoms with E-state index in [4.69, 9.17) is 4.74 Å². The molecule has 0 fully saturated rings. The van der Waals surface area contributed by atoms with Gasteiger partial charge in [-0.05, 0) is 44.6 Å². The fourth-order valence-corrected chi connectivity index (χ4v) is 2.34. The standard InChI is InChI=1S/C15H22O2/c1-6-7-13-8-14(10(2)3)9-15(11(13)4)17-12(5)16/h6,14-15H,1-2,7-9H2,3-5H3/t14-,15-/m0/s1. The van der Waals surface area contributed by atoms with Crippen molar-refractivity contribution in [3.05, 3.63) is 36.0 Å². The first-order chi connectivity index (χ1) is 7.95.